The number of nitrogens with zero attached hydrogens (tertiary/aromatic N) is 1. The molecule has 0 aromatic heterocycles. The zero-order valence-corrected chi connectivity index (χ0v) is 14.9. The van der Waals surface area contributed by atoms with Crippen molar-refractivity contribution < 1.29 is 9.59 Å². The Hall–Kier alpha value is -2.60. The van der Waals surface area contributed by atoms with Crippen LogP contribution in [0.2, 0.25) is 0 Å². The summed E-state index contributed by atoms with van der Waals surface area (Å²) in [6.45, 7) is 0.464. The van der Waals surface area contributed by atoms with E-state index < -0.39 is 0 Å². The number of nitrogens with one attached hydrogen (secondary N) is 2. The molecular formula is C19H21N3O2S. The van der Waals surface area contributed by atoms with E-state index in [0.29, 0.717) is 6.54 Å². The van der Waals surface area contributed by atoms with Crippen LogP contribution >= 0.6 is 11.8 Å². The van der Waals surface area contributed by atoms with E-state index in [1.54, 1.807) is 18.0 Å². The van der Waals surface area contributed by atoms with Crippen molar-refractivity contribution in [3.63, 3.8) is 0 Å². The Labute approximate surface area is 151 Å². The van der Waals surface area contributed by atoms with Crippen molar-refractivity contribution >= 4 is 29.8 Å². The predicted octanol–water partition coefficient (Wildman–Crippen LogP) is 2.96. The van der Waals surface area contributed by atoms with Crippen molar-refractivity contribution in [2.75, 3.05) is 6.26 Å². The second-order valence-electron chi connectivity index (χ2n) is 5.33. The first-order valence-corrected chi connectivity index (χ1v) is 9.16. The molecule has 0 radical (unpaired) electrons. The summed E-state index contributed by atoms with van der Waals surface area (Å²) >= 11 is 1.67. The number of carbonyl (C=O) groups is 2. The molecule has 130 valence electrons. The Kier molecular flexibility index (Phi) is 7.72. The lowest BCUT2D eigenvalue weighted by Crippen LogP contribution is -2.25. The fourth-order valence-corrected chi connectivity index (χ4v) is 2.44. The summed E-state index contributed by atoms with van der Waals surface area (Å²) in [5.41, 5.74) is 4.36. The topological polar surface area (TPSA) is 70.6 Å². The van der Waals surface area contributed by atoms with Gasteiger partial charge in [-0.15, -0.1) is 11.8 Å². The highest BCUT2D eigenvalue weighted by molar-refractivity contribution is 7.98. The largest absolute Gasteiger partial charge is 0.352 e. The highest BCUT2D eigenvalue weighted by Gasteiger charge is 2.06. The molecule has 0 saturated carbocycles. The summed E-state index contributed by atoms with van der Waals surface area (Å²) in [5, 5.41) is 6.69. The third-order valence-electron chi connectivity index (χ3n) is 3.43. The molecule has 2 aromatic rings. The van der Waals surface area contributed by atoms with Crippen LogP contribution in [0.3, 0.4) is 0 Å². The Morgan fingerprint density at radius 1 is 1.00 bits per heavy atom. The second kappa shape index (κ2) is 10.3. The van der Waals surface area contributed by atoms with E-state index in [-0.39, 0.29) is 24.7 Å². The van der Waals surface area contributed by atoms with Crippen molar-refractivity contribution in [3.05, 3.63) is 65.7 Å². The van der Waals surface area contributed by atoms with E-state index in [1.807, 2.05) is 60.9 Å². The maximum absolute atomic E-state index is 11.7. The number of carbonyl (C=O) groups excluding carboxylic acids is 2. The average Bonchev–Trinajstić information content (AvgIpc) is 2.66. The van der Waals surface area contributed by atoms with Gasteiger partial charge in [-0.3, -0.25) is 9.59 Å². The fraction of sp³-hybridized carbons (Fsp3) is 0.211. The average molecular weight is 355 g/mol. The summed E-state index contributed by atoms with van der Waals surface area (Å²) < 4.78 is 0. The highest BCUT2D eigenvalue weighted by atomic mass is 32.2. The van der Waals surface area contributed by atoms with E-state index in [0.717, 1.165) is 11.1 Å². The molecule has 0 heterocycles. The summed E-state index contributed by atoms with van der Waals surface area (Å²) in [7, 11) is 0. The highest BCUT2D eigenvalue weighted by Crippen LogP contribution is 2.13. The quantitative estimate of drug-likeness (QED) is 0.434. The van der Waals surface area contributed by atoms with Crippen molar-refractivity contribution in [3.8, 4) is 0 Å². The molecule has 0 fully saturated rings. The van der Waals surface area contributed by atoms with E-state index >= 15 is 0 Å². The van der Waals surface area contributed by atoms with E-state index in [9.17, 15) is 9.59 Å². The number of amides is 2. The van der Waals surface area contributed by atoms with Crippen LogP contribution in [0.5, 0.6) is 0 Å². The molecule has 6 heteroatoms. The van der Waals surface area contributed by atoms with E-state index in [2.05, 4.69) is 15.8 Å². The van der Waals surface area contributed by atoms with Gasteiger partial charge in [-0.25, -0.2) is 5.43 Å². The molecule has 0 saturated heterocycles. The van der Waals surface area contributed by atoms with Gasteiger partial charge in [0, 0.05) is 24.3 Å². The summed E-state index contributed by atoms with van der Waals surface area (Å²) in [6, 6.07) is 17.5. The lowest BCUT2D eigenvalue weighted by molar-refractivity contribution is -0.126. The Morgan fingerprint density at radius 2 is 1.68 bits per heavy atom. The normalized spacial score (nSPS) is 10.6. The molecular weight excluding hydrogens is 334 g/mol. The monoisotopic (exact) mass is 355 g/mol. The molecule has 2 N–H and O–H groups in total. The van der Waals surface area contributed by atoms with Gasteiger partial charge in [0.05, 0.1) is 6.21 Å². The molecule has 0 aliphatic rings. The molecule has 25 heavy (non-hydrogen) atoms. The minimum absolute atomic E-state index is 0.101. The standard InChI is InChI=1S/C19H21N3O2S/c1-25-17-9-7-16(8-10-17)14-21-22-19(24)12-11-18(23)20-13-15-5-3-2-4-6-15/h2-10,14H,11-13H2,1H3,(H,20,23)(H,22,24). The van der Waals surface area contributed by atoms with Crippen LogP contribution in [0.25, 0.3) is 0 Å². The minimum atomic E-state index is -0.285. The van der Waals surface area contributed by atoms with Crippen LogP contribution in [0.4, 0.5) is 0 Å². The van der Waals surface area contributed by atoms with Crippen LogP contribution in [-0.4, -0.2) is 24.3 Å². The lowest BCUT2D eigenvalue weighted by atomic mass is 10.2. The molecule has 0 atom stereocenters. The van der Waals surface area contributed by atoms with Crippen molar-refractivity contribution in [1.82, 2.24) is 10.7 Å². The molecule has 0 unspecified atom stereocenters. The van der Waals surface area contributed by atoms with Crippen molar-refractivity contribution in [2.24, 2.45) is 5.10 Å². The van der Waals surface area contributed by atoms with Gasteiger partial charge in [0.15, 0.2) is 0 Å². The molecule has 0 spiro atoms. The molecule has 0 bridgehead atoms. The van der Waals surface area contributed by atoms with Gasteiger partial charge in [0.25, 0.3) is 0 Å². The van der Waals surface area contributed by atoms with Gasteiger partial charge < -0.3 is 5.32 Å². The van der Waals surface area contributed by atoms with Gasteiger partial charge in [-0.05, 0) is 29.5 Å². The van der Waals surface area contributed by atoms with Crippen molar-refractivity contribution in [1.29, 1.82) is 0 Å². The number of hydrogen-bond acceptors (Lipinski definition) is 4. The zero-order chi connectivity index (χ0) is 17.9. The molecule has 0 aliphatic heterocycles. The van der Waals surface area contributed by atoms with Gasteiger partial charge in [0.1, 0.15) is 0 Å². The molecule has 2 aromatic carbocycles. The predicted molar refractivity (Wildman–Crippen MR) is 101 cm³/mol. The number of benzene rings is 2. The number of rotatable bonds is 8. The molecule has 2 amide bonds. The first-order chi connectivity index (χ1) is 12.2. The zero-order valence-electron chi connectivity index (χ0n) is 14.1. The SMILES string of the molecule is CSc1ccc(C=NNC(=O)CCC(=O)NCc2ccccc2)cc1. The number of hydrazone groups is 1. The van der Waals surface area contributed by atoms with E-state index in [4.69, 9.17) is 0 Å². The first kappa shape index (κ1) is 18.7. The van der Waals surface area contributed by atoms with E-state index in [1.165, 1.54) is 4.90 Å². The first-order valence-electron chi connectivity index (χ1n) is 7.94. The number of thioether (sulfide) groups is 1. The maximum atomic E-state index is 11.7. The Balaban J connectivity index is 1.65. The summed E-state index contributed by atoms with van der Waals surface area (Å²) in [6.07, 6.45) is 3.83. The van der Waals surface area contributed by atoms with Crippen LogP contribution in [0, 0.1) is 0 Å². The minimum Gasteiger partial charge on any atom is -0.352 e. The summed E-state index contributed by atoms with van der Waals surface area (Å²) in [5.74, 6) is -0.442. The third kappa shape index (κ3) is 7.22. The number of hydrogen-bond donors (Lipinski definition) is 2. The van der Waals surface area contributed by atoms with Crippen molar-refractivity contribution in [2.45, 2.75) is 24.3 Å². The van der Waals surface area contributed by atoms with Crippen LogP contribution in [-0.2, 0) is 16.1 Å². The van der Waals surface area contributed by atoms with Gasteiger partial charge in [-0.2, -0.15) is 5.10 Å². The maximum Gasteiger partial charge on any atom is 0.240 e. The Bertz CT molecular complexity index is 715. The molecule has 0 aliphatic carbocycles. The molecule has 5 nitrogen and oxygen atoms in total. The van der Waals surface area contributed by atoms with Gasteiger partial charge >= 0.3 is 0 Å². The Morgan fingerprint density at radius 3 is 2.36 bits per heavy atom. The van der Waals surface area contributed by atoms with Crippen LogP contribution < -0.4 is 10.7 Å². The lowest BCUT2D eigenvalue weighted by Gasteiger charge is -2.04. The summed E-state index contributed by atoms with van der Waals surface area (Å²) in [4.78, 5) is 24.6. The van der Waals surface area contributed by atoms with Crippen LogP contribution in [0.15, 0.2) is 64.6 Å². The third-order valence-corrected chi connectivity index (χ3v) is 4.17. The molecule has 2 rings (SSSR count). The smallest absolute Gasteiger partial charge is 0.240 e. The van der Waals surface area contributed by atoms with Gasteiger partial charge in [-0.1, -0.05) is 42.5 Å². The fourth-order valence-electron chi connectivity index (χ4n) is 2.04. The van der Waals surface area contributed by atoms with Crippen LogP contribution in [0.1, 0.15) is 24.0 Å². The second-order valence-corrected chi connectivity index (χ2v) is 6.21. The van der Waals surface area contributed by atoms with Gasteiger partial charge in [0.2, 0.25) is 11.8 Å².